The van der Waals surface area contributed by atoms with Gasteiger partial charge < -0.3 is 23.4 Å². The number of fused-ring (bicyclic) bond motifs is 5. The van der Waals surface area contributed by atoms with Crippen molar-refractivity contribution in [2.45, 2.75) is 104 Å². The Morgan fingerprint density at radius 2 is 1.44 bits per heavy atom. The molecule has 11 nitrogen and oxygen atoms in total. The van der Waals surface area contributed by atoms with Crippen LogP contribution >= 0.6 is 0 Å². The van der Waals surface area contributed by atoms with Crippen molar-refractivity contribution in [1.82, 2.24) is 15.2 Å². The third-order valence-electron chi connectivity index (χ3n) is 7.27. The molecule has 3 heterocycles. The van der Waals surface area contributed by atoms with Crippen LogP contribution in [0.2, 0.25) is 0 Å². The number of hydrogen-bond donors (Lipinski definition) is 0. The highest BCUT2D eigenvalue weighted by molar-refractivity contribution is 6.11. The quantitative estimate of drug-likeness (QED) is 0.188. The summed E-state index contributed by atoms with van der Waals surface area (Å²) in [6.07, 6.45) is -11.5. The van der Waals surface area contributed by atoms with Gasteiger partial charge in [-0.2, -0.15) is 31.2 Å². The number of nitrogens with zero attached hydrogens (tertiary/aromatic N) is 4. The first kappa shape index (κ1) is 40.1. The van der Waals surface area contributed by atoms with E-state index in [2.05, 4.69) is 15.2 Å². The van der Waals surface area contributed by atoms with Gasteiger partial charge in [0.15, 0.2) is 5.69 Å². The molecule has 0 saturated carbocycles. The molecule has 0 spiro atoms. The first-order valence-electron chi connectivity index (χ1n) is 16.1. The van der Waals surface area contributed by atoms with Crippen molar-refractivity contribution in [3.05, 3.63) is 65.6 Å². The number of imide groups is 1. The zero-order chi connectivity index (χ0) is 38.9. The molecule has 4 bridgehead atoms. The molecular formula is C35H40F6N4O7. The maximum atomic E-state index is 15.3. The molecule has 52 heavy (non-hydrogen) atoms. The van der Waals surface area contributed by atoms with Gasteiger partial charge in [-0.15, -0.1) is 10.2 Å². The molecule has 1 aliphatic rings. The van der Waals surface area contributed by atoms with E-state index in [1.54, 1.807) is 44.2 Å². The molecule has 2 aromatic heterocycles. The maximum Gasteiger partial charge on any atom is 0.426 e. The fraction of sp³-hybridized carbons (Fsp3) is 0.514. The van der Waals surface area contributed by atoms with Gasteiger partial charge in [-0.1, -0.05) is 56.3 Å². The lowest BCUT2D eigenvalue weighted by molar-refractivity contribution is -0.295. The van der Waals surface area contributed by atoms with Crippen LogP contribution in [0.25, 0.3) is 11.6 Å². The molecule has 0 radical (unpaired) electrons. The average molecular weight is 743 g/mol. The fourth-order valence-corrected chi connectivity index (χ4v) is 4.78. The number of hydrogen-bond acceptors (Lipinski definition) is 10. The van der Waals surface area contributed by atoms with E-state index in [-0.39, 0.29) is 11.3 Å². The molecule has 284 valence electrons. The van der Waals surface area contributed by atoms with Gasteiger partial charge >= 0.3 is 24.5 Å². The van der Waals surface area contributed by atoms with E-state index in [0.29, 0.717) is 11.6 Å². The number of allylic oxidation sites excluding steroid dienone is 1. The van der Waals surface area contributed by atoms with Crippen LogP contribution in [0.3, 0.4) is 0 Å². The summed E-state index contributed by atoms with van der Waals surface area (Å²) in [6.45, 7) is 10.9. The number of ether oxygens (including phenoxy) is 4. The zero-order valence-electron chi connectivity index (χ0n) is 29.9. The highest BCUT2D eigenvalue weighted by atomic mass is 19.4. The molecule has 1 unspecified atom stereocenters. The van der Waals surface area contributed by atoms with Crippen LogP contribution in [0, 0.1) is 5.41 Å². The molecule has 2 amide bonds. The standard InChI is InChI=1S/C35H40F6N4O7/c1-30(2,3)51-28(46)45(29(47)52-31(4,5)6)23-18-22(34(36,37)38)25-42-24(23)26-43-44-27(50-26)33(35(39,40)41,49-19-21-14-10-9-11-15-21)17-13-12-16-32(7,8)20-48-25/h9-15,18H,16-17,19-20H2,1-8H3/b13-12+. The smallest absolute Gasteiger partial charge is 0.426 e. The molecule has 1 atom stereocenters. The predicted octanol–water partition coefficient (Wildman–Crippen LogP) is 9.56. The molecular weight excluding hydrogens is 702 g/mol. The Balaban J connectivity index is 2.06. The second-order valence-corrected chi connectivity index (χ2v) is 14.8. The van der Waals surface area contributed by atoms with Gasteiger partial charge in [-0.05, 0) is 59.6 Å². The zero-order valence-corrected chi connectivity index (χ0v) is 29.9. The lowest BCUT2D eigenvalue weighted by Gasteiger charge is -2.32. The van der Waals surface area contributed by atoms with E-state index in [4.69, 9.17) is 23.4 Å². The maximum absolute atomic E-state index is 15.3. The number of halogens is 6. The summed E-state index contributed by atoms with van der Waals surface area (Å²) in [5.74, 6) is -3.06. The fourth-order valence-electron chi connectivity index (χ4n) is 4.78. The van der Waals surface area contributed by atoms with Gasteiger partial charge in [0.05, 0.1) is 18.9 Å². The summed E-state index contributed by atoms with van der Waals surface area (Å²) >= 11 is 0. The normalized spacial score (nSPS) is 18.8. The van der Waals surface area contributed by atoms with Crippen molar-refractivity contribution in [2.75, 3.05) is 11.5 Å². The molecule has 1 aromatic carbocycles. The molecule has 0 fully saturated rings. The summed E-state index contributed by atoms with van der Waals surface area (Å²) < 4.78 is 117. The predicted molar refractivity (Wildman–Crippen MR) is 174 cm³/mol. The van der Waals surface area contributed by atoms with Crippen LogP contribution in [0.1, 0.15) is 85.2 Å². The topological polar surface area (TPSA) is 126 Å². The van der Waals surface area contributed by atoms with Crippen LogP contribution in [-0.4, -0.2) is 51.4 Å². The number of rotatable bonds is 4. The molecule has 4 rings (SSSR count). The Morgan fingerprint density at radius 1 is 0.865 bits per heavy atom. The second kappa shape index (κ2) is 14.4. The average Bonchev–Trinajstić information content (AvgIpc) is 3.47. The van der Waals surface area contributed by atoms with Gasteiger partial charge in [-0.3, -0.25) is 0 Å². The number of aromatic nitrogens is 3. The third kappa shape index (κ3) is 9.60. The van der Waals surface area contributed by atoms with Crippen LogP contribution in [0.15, 0.2) is 53.0 Å². The van der Waals surface area contributed by atoms with Crippen molar-refractivity contribution in [1.29, 1.82) is 0 Å². The summed E-state index contributed by atoms with van der Waals surface area (Å²) in [5.41, 5.74) is -9.68. The van der Waals surface area contributed by atoms with E-state index < -0.39 is 101 Å². The minimum absolute atomic E-state index is 0.0616. The van der Waals surface area contributed by atoms with E-state index in [9.17, 15) is 22.8 Å². The monoisotopic (exact) mass is 742 g/mol. The highest BCUT2D eigenvalue weighted by Crippen LogP contribution is 2.48. The number of carbonyl (C=O) groups excluding carboxylic acids is 2. The van der Waals surface area contributed by atoms with Crippen LogP contribution in [0.5, 0.6) is 5.88 Å². The van der Waals surface area contributed by atoms with Crippen molar-refractivity contribution < 1.29 is 59.3 Å². The van der Waals surface area contributed by atoms with Crippen molar-refractivity contribution in [3.63, 3.8) is 0 Å². The lowest BCUT2D eigenvalue weighted by Crippen LogP contribution is -2.45. The van der Waals surface area contributed by atoms with Crippen molar-refractivity contribution in [2.24, 2.45) is 5.41 Å². The molecule has 0 N–H and O–H groups in total. The van der Waals surface area contributed by atoms with E-state index >= 15 is 13.2 Å². The Bertz CT molecular complexity index is 1750. The van der Waals surface area contributed by atoms with Gasteiger partial charge in [-0.25, -0.2) is 14.6 Å². The van der Waals surface area contributed by atoms with Crippen LogP contribution in [0.4, 0.5) is 41.6 Å². The third-order valence-corrected chi connectivity index (χ3v) is 7.27. The van der Waals surface area contributed by atoms with Crippen LogP contribution < -0.4 is 9.64 Å². The van der Waals surface area contributed by atoms with Gasteiger partial charge in [0.2, 0.25) is 11.5 Å². The second-order valence-electron chi connectivity index (χ2n) is 14.8. The van der Waals surface area contributed by atoms with E-state index in [0.717, 1.165) is 0 Å². The molecule has 0 saturated heterocycles. The van der Waals surface area contributed by atoms with Gasteiger partial charge in [0, 0.05) is 11.8 Å². The minimum atomic E-state index is -5.19. The lowest BCUT2D eigenvalue weighted by atomic mass is 9.89. The molecule has 1 aliphatic heterocycles. The van der Waals surface area contributed by atoms with Crippen molar-refractivity contribution in [3.8, 4) is 17.5 Å². The largest absolute Gasteiger partial charge is 0.477 e. The number of alkyl halides is 6. The highest BCUT2D eigenvalue weighted by Gasteiger charge is 2.61. The Labute approximate surface area is 296 Å². The number of anilines is 1. The van der Waals surface area contributed by atoms with Gasteiger partial charge in [0.1, 0.15) is 16.8 Å². The summed E-state index contributed by atoms with van der Waals surface area (Å²) in [7, 11) is 0. The first-order valence-corrected chi connectivity index (χ1v) is 16.1. The van der Waals surface area contributed by atoms with Crippen molar-refractivity contribution >= 4 is 17.9 Å². The summed E-state index contributed by atoms with van der Waals surface area (Å²) in [5, 5.41) is 7.38. The number of amides is 2. The molecule has 17 heteroatoms. The van der Waals surface area contributed by atoms with E-state index in [1.165, 1.54) is 53.7 Å². The number of benzene rings is 1. The van der Waals surface area contributed by atoms with Crippen LogP contribution in [-0.2, 0) is 32.6 Å². The number of pyridine rings is 1. The van der Waals surface area contributed by atoms with Gasteiger partial charge in [0.25, 0.3) is 11.8 Å². The summed E-state index contributed by atoms with van der Waals surface area (Å²) in [6, 6.07) is 8.34. The number of carbonyl (C=O) groups is 2. The van der Waals surface area contributed by atoms with E-state index in [1.807, 2.05) is 0 Å². The minimum Gasteiger partial charge on any atom is -0.477 e. The molecule has 3 aromatic rings. The SMILES string of the molecule is CC1(C)C/C=C/CC(OCc2ccccc2)(C(F)(F)F)c2nnc(o2)-c2nc(c(C(F)(F)F)cc2N(C(=O)OC(C)(C)C)C(=O)OC(C)(C)C)OC1. The molecule has 0 aliphatic carbocycles. The summed E-state index contributed by atoms with van der Waals surface area (Å²) in [4.78, 5) is 31.3. The Hall–Kier alpha value is -4.67. The Morgan fingerprint density at radius 3 is 1.98 bits per heavy atom. The first-order chi connectivity index (χ1) is 23.8. The Kier molecular flexibility index (Phi) is 11.1.